The average molecular weight is 401 g/mol. The van der Waals surface area contributed by atoms with Crippen LogP contribution in [0, 0.1) is 3.57 Å². The van der Waals surface area contributed by atoms with Crippen molar-refractivity contribution in [2.75, 3.05) is 0 Å². The first-order valence-corrected chi connectivity index (χ1v) is 7.93. The minimum atomic E-state index is -0.488. The molecular weight excluding hydrogens is 381 g/mol. The van der Waals surface area contributed by atoms with E-state index in [2.05, 4.69) is 45.1 Å². The summed E-state index contributed by atoms with van der Waals surface area (Å²) in [5, 5.41) is 8.31. The Morgan fingerprint density at radius 1 is 1.48 bits per heavy atom. The van der Waals surface area contributed by atoms with Gasteiger partial charge in [-0.3, -0.25) is 4.68 Å². The number of alkyl carbamates (subject to hydrolysis) is 1. The third-order valence-corrected chi connectivity index (χ3v) is 3.49. The second-order valence-corrected chi connectivity index (χ2v) is 7.32. The van der Waals surface area contributed by atoms with Gasteiger partial charge in [0.1, 0.15) is 5.60 Å². The van der Waals surface area contributed by atoms with Crippen molar-refractivity contribution < 1.29 is 9.53 Å². The van der Waals surface area contributed by atoms with Crippen LogP contribution in [0.1, 0.15) is 27.7 Å². The zero-order chi connectivity index (χ0) is 15.6. The van der Waals surface area contributed by atoms with Crippen molar-refractivity contribution in [1.29, 1.82) is 0 Å². The molecule has 114 valence electrons. The van der Waals surface area contributed by atoms with E-state index in [1.54, 1.807) is 0 Å². The molecule has 1 N–H and O–H groups in total. The van der Waals surface area contributed by atoms with Gasteiger partial charge in [0, 0.05) is 15.0 Å². The quantitative estimate of drug-likeness (QED) is 0.801. The van der Waals surface area contributed by atoms with Crippen LogP contribution in [0.4, 0.5) is 4.79 Å². The second-order valence-electron chi connectivity index (χ2n) is 6.08. The van der Waals surface area contributed by atoms with Crippen molar-refractivity contribution in [3.8, 4) is 0 Å². The molecule has 1 amide bonds. The number of aromatic nitrogens is 2. The van der Waals surface area contributed by atoms with Crippen molar-refractivity contribution in [2.24, 2.45) is 0 Å². The Morgan fingerprint density at radius 2 is 2.19 bits per heavy atom. The third kappa shape index (κ3) is 4.59. The highest BCUT2D eigenvalue weighted by atomic mass is 127. The van der Waals surface area contributed by atoms with Crippen molar-refractivity contribution in [1.82, 2.24) is 15.1 Å². The highest BCUT2D eigenvalue weighted by Gasteiger charge is 2.18. The molecule has 0 bridgehead atoms. The third-order valence-electron chi connectivity index (χ3n) is 2.82. The number of fused-ring (bicyclic) bond motifs is 1. The Kier molecular flexibility index (Phi) is 4.75. The first kappa shape index (κ1) is 16.1. The number of rotatable bonds is 3. The van der Waals surface area contributed by atoms with E-state index in [0.717, 1.165) is 14.5 Å². The molecule has 0 saturated carbocycles. The fraction of sp³-hybridized carbons (Fsp3) is 0.467. The van der Waals surface area contributed by atoms with Crippen LogP contribution in [0.5, 0.6) is 0 Å². The molecule has 0 unspecified atom stereocenters. The lowest BCUT2D eigenvalue weighted by Gasteiger charge is -2.22. The maximum absolute atomic E-state index is 11.8. The summed E-state index contributed by atoms with van der Waals surface area (Å²) in [7, 11) is 0. The van der Waals surface area contributed by atoms with E-state index in [0.29, 0.717) is 6.54 Å². The van der Waals surface area contributed by atoms with Crippen LogP contribution in [0.3, 0.4) is 0 Å². The molecule has 21 heavy (non-hydrogen) atoms. The number of carbonyl (C=O) groups is 1. The molecule has 2 aromatic rings. The van der Waals surface area contributed by atoms with Crippen molar-refractivity contribution in [2.45, 2.75) is 45.9 Å². The molecule has 6 heteroatoms. The van der Waals surface area contributed by atoms with Gasteiger partial charge in [-0.15, -0.1) is 0 Å². The Bertz CT molecular complexity index is 646. The maximum atomic E-state index is 11.8. The summed E-state index contributed by atoms with van der Waals surface area (Å²) in [6.07, 6.45) is 1.44. The van der Waals surface area contributed by atoms with E-state index < -0.39 is 11.7 Å². The minimum absolute atomic E-state index is 0.0687. The molecular formula is C15H20IN3O2. The predicted molar refractivity (Wildman–Crippen MR) is 91.3 cm³/mol. The first-order valence-electron chi connectivity index (χ1n) is 6.85. The molecule has 0 radical (unpaired) electrons. The van der Waals surface area contributed by atoms with Gasteiger partial charge in [-0.05, 0) is 62.4 Å². The minimum Gasteiger partial charge on any atom is -0.444 e. The maximum Gasteiger partial charge on any atom is 0.407 e. The molecule has 1 aromatic heterocycles. The van der Waals surface area contributed by atoms with Gasteiger partial charge in [0.25, 0.3) is 0 Å². The highest BCUT2D eigenvalue weighted by molar-refractivity contribution is 14.1. The van der Waals surface area contributed by atoms with Crippen LogP contribution in [0.2, 0.25) is 0 Å². The Morgan fingerprint density at radius 3 is 2.86 bits per heavy atom. The van der Waals surface area contributed by atoms with Gasteiger partial charge in [-0.1, -0.05) is 6.07 Å². The Balaban J connectivity index is 2.03. The van der Waals surface area contributed by atoms with Crippen molar-refractivity contribution >= 4 is 39.6 Å². The number of amides is 1. The van der Waals surface area contributed by atoms with Gasteiger partial charge >= 0.3 is 6.09 Å². The number of hydrogen-bond acceptors (Lipinski definition) is 3. The molecule has 0 aliphatic rings. The first-order chi connectivity index (χ1) is 9.74. The summed E-state index contributed by atoms with van der Waals surface area (Å²) in [6.45, 7) is 8.08. The van der Waals surface area contributed by atoms with Gasteiger partial charge in [0.15, 0.2) is 0 Å². The summed E-state index contributed by atoms with van der Waals surface area (Å²) < 4.78 is 8.32. The fourth-order valence-corrected chi connectivity index (χ4v) is 2.48. The molecule has 1 aromatic carbocycles. The number of nitrogens with one attached hydrogen (secondary N) is 1. The number of hydrogen-bond donors (Lipinski definition) is 1. The van der Waals surface area contributed by atoms with Gasteiger partial charge < -0.3 is 10.1 Å². The monoisotopic (exact) mass is 401 g/mol. The smallest absolute Gasteiger partial charge is 0.407 e. The molecule has 0 aliphatic carbocycles. The Labute approximate surface area is 138 Å². The topological polar surface area (TPSA) is 56.2 Å². The summed E-state index contributed by atoms with van der Waals surface area (Å²) in [5.74, 6) is 0. The van der Waals surface area contributed by atoms with Gasteiger partial charge in [0.2, 0.25) is 0 Å². The zero-order valence-electron chi connectivity index (χ0n) is 12.7. The van der Waals surface area contributed by atoms with E-state index in [4.69, 9.17) is 4.74 Å². The zero-order valence-corrected chi connectivity index (χ0v) is 14.8. The van der Waals surface area contributed by atoms with Crippen LogP contribution < -0.4 is 5.32 Å². The molecule has 1 heterocycles. The molecule has 0 fully saturated rings. The lowest BCUT2D eigenvalue weighted by molar-refractivity contribution is 0.0504. The van der Waals surface area contributed by atoms with Crippen LogP contribution in [0.25, 0.3) is 10.9 Å². The van der Waals surface area contributed by atoms with Crippen LogP contribution in [0.15, 0.2) is 24.4 Å². The van der Waals surface area contributed by atoms with Crippen molar-refractivity contribution in [3.05, 3.63) is 28.0 Å². The molecule has 0 aliphatic heterocycles. The molecule has 0 saturated heterocycles. The van der Waals surface area contributed by atoms with Gasteiger partial charge in [0.05, 0.1) is 18.3 Å². The molecule has 2 rings (SSSR count). The number of nitrogens with zero attached hydrogens (tertiary/aromatic N) is 2. The summed E-state index contributed by atoms with van der Waals surface area (Å²) in [5.41, 5.74) is 0.581. The number of carbonyl (C=O) groups excluding carboxylic acids is 1. The van der Waals surface area contributed by atoms with Gasteiger partial charge in [-0.25, -0.2) is 4.79 Å². The van der Waals surface area contributed by atoms with E-state index in [1.807, 2.05) is 44.6 Å². The standard InChI is InChI=1S/C15H20IN3O2/c1-10(18-14(20)21-15(2,3)4)9-19-13-7-12(16)6-5-11(13)8-17-19/h5-8,10H,9H2,1-4H3,(H,18,20)/t10-/m0/s1. The van der Waals surface area contributed by atoms with Crippen LogP contribution >= 0.6 is 22.6 Å². The van der Waals surface area contributed by atoms with Crippen molar-refractivity contribution in [3.63, 3.8) is 0 Å². The number of ether oxygens (including phenoxy) is 1. The average Bonchev–Trinajstić information content (AvgIpc) is 2.69. The lowest BCUT2D eigenvalue weighted by atomic mass is 10.2. The second kappa shape index (κ2) is 6.21. The molecule has 0 spiro atoms. The van der Waals surface area contributed by atoms with Crippen LogP contribution in [-0.2, 0) is 11.3 Å². The normalized spacial score (nSPS) is 13.2. The summed E-state index contributed by atoms with van der Waals surface area (Å²) >= 11 is 2.28. The van der Waals surface area contributed by atoms with Gasteiger partial charge in [-0.2, -0.15) is 5.10 Å². The van der Waals surface area contributed by atoms with E-state index in [1.165, 1.54) is 0 Å². The highest BCUT2D eigenvalue weighted by Crippen LogP contribution is 2.17. The Hall–Kier alpha value is -1.31. The fourth-order valence-electron chi connectivity index (χ4n) is 2.00. The van der Waals surface area contributed by atoms with E-state index in [9.17, 15) is 4.79 Å². The largest absolute Gasteiger partial charge is 0.444 e. The van der Waals surface area contributed by atoms with Crippen LogP contribution in [-0.4, -0.2) is 27.5 Å². The predicted octanol–water partition coefficient (Wildman–Crippen LogP) is 3.55. The number of halogens is 1. The molecule has 5 nitrogen and oxygen atoms in total. The van der Waals surface area contributed by atoms with E-state index >= 15 is 0 Å². The summed E-state index contributed by atoms with van der Waals surface area (Å²) in [6, 6.07) is 6.12. The SMILES string of the molecule is C[C@@H](Cn1ncc2ccc(I)cc21)NC(=O)OC(C)(C)C. The summed E-state index contributed by atoms with van der Waals surface area (Å²) in [4.78, 5) is 11.8. The molecule has 1 atom stereocenters. The van der Waals surface area contributed by atoms with E-state index in [-0.39, 0.29) is 6.04 Å². The number of benzene rings is 1. The lowest BCUT2D eigenvalue weighted by Crippen LogP contribution is -2.39.